The van der Waals surface area contributed by atoms with Crippen LogP contribution in [0.2, 0.25) is 0 Å². The second-order valence-corrected chi connectivity index (χ2v) is 6.20. The molecule has 0 aliphatic heterocycles. The van der Waals surface area contributed by atoms with Gasteiger partial charge in [0.1, 0.15) is 0 Å². The Bertz CT molecular complexity index is 875. The van der Waals surface area contributed by atoms with Crippen LogP contribution in [-0.4, -0.2) is 20.8 Å². The first-order valence-corrected chi connectivity index (χ1v) is 8.60. The van der Waals surface area contributed by atoms with Gasteiger partial charge in [-0.3, -0.25) is 9.78 Å². The molecule has 0 saturated heterocycles. The van der Waals surface area contributed by atoms with Crippen molar-refractivity contribution in [1.29, 1.82) is 0 Å². The molecule has 0 fully saturated rings. The lowest BCUT2D eigenvalue weighted by Crippen LogP contribution is -2.39. The number of nitrogens with one attached hydrogen (secondary N) is 1. The van der Waals surface area contributed by atoms with Gasteiger partial charge in [0.05, 0.1) is 11.8 Å². The van der Waals surface area contributed by atoms with Gasteiger partial charge < -0.3 is 0 Å². The largest absolute Gasteiger partial charge is 0.324 e. The SMILES string of the molecule is CCCCSc1n[n+]2c(CC)nc3ccccc3c2c(=O)[nH]1. The molecule has 0 saturated carbocycles. The van der Waals surface area contributed by atoms with Crippen LogP contribution < -0.4 is 10.1 Å². The fourth-order valence-electron chi connectivity index (χ4n) is 2.41. The van der Waals surface area contributed by atoms with Crippen molar-refractivity contribution < 1.29 is 4.52 Å². The van der Waals surface area contributed by atoms with Crippen LogP contribution in [0.5, 0.6) is 0 Å². The summed E-state index contributed by atoms with van der Waals surface area (Å²) in [5.41, 5.74) is 1.29. The van der Waals surface area contributed by atoms with Crippen molar-refractivity contribution in [1.82, 2.24) is 15.1 Å². The normalized spacial score (nSPS) is 11.4. The van der Waals surface area contributed by atoms with Gasteiger partial charge >= 0.3 is 11.4 Å². The van der Waals surface area contributed by atoms with Crippen molar-refractivity contribution in [3.05, 3.63) is 40.4 Å². The van der Waals surface area contributed by atoms with E-state index >= 15 is 0 Å². The van der Waals surface area contributed by atoms with E-state index in [1.807, 2.05) is 31.2 Å². The molecule has 0 unspecified atom stereocenters. The van der Waals surface area contributed by atoms with Crippen LogP contribution in [0.25, 0.3) is 16.4 Å². The smallest absolute Gasteiger partial charge is 0.295 e. The molecule has 0 spiro atoms. The molecule has 114 valence electrons. The molecule has 5 nitrogen and oxygen atoms in total. The van der Waals surface area contributed by atoms with E-state index in [9.17, 15) is 4.79 Å². The van der Waals surface area contributed by atoms with Crippen molar-refractivity contribution in [2.45, 2.75) is 38.3 Å². The van der Waals surface area contributed by atoms with Gasteiger partial charge in [-0.2, -0.15) is 0 Å². The highest BCUT2D eigenvalue weighted by molar-refractivity contribution is 7.99. The molecule has 0 radical (unpaired) electrons. The first-order valence-electron chi connectivity index (χ1n) is 7.61. The van der Waals surface area contributed by atoms with Crippen molar-refractivity contribution >= 4 is 28.2 Å². The lowest BCUT2D eigenvalue weighted by Gasteiger charge is -2.02. The minimum absolute atomic E-state index is 0.109. The summed E-state index contributed by atoms with van der Waals surface area (Å²) in [6, 6.07) is 7.69. The fourth-order valence-corrected chi connectivity index (χ4v) is 3.34. The number of fused-ring (bicyclic) bond motifs is 3. The molecule has 0 bridgehead atoms. The molecule has 0 aliphatic carbocycles. The standard InChI is InChI=1S/C16H18N4OS/c1-3-5-10-22-16-18-15(21)14-11-8-6-7-9-12(11)17-13(4-2)20(14)19-16/h6-9H,3-5,10H2,1-2H3/p+1. The third-order valence-corrected chi connectivity index (χ3v) is 4.49. The predicted molar refractivity (Wildman–Crippen MR) is 88.3 cm³/mol. The zero-order valence-corrected chi connectivity index (χ0v) is 13.6. The number of hydrogen-bond acceptors (Lipinski definition) is 4. The van der Waals surface area contributed by atoms with E-state index in [0.717, 1.165) is 41.7 Å². The van der Waals surface area contributed by atoms with E-state index in [4.69, 9.17) is 0 Å². The number of aromatic amines is 1. The van der Waals surface area contributed by atoms with E-state index in [0.29, 0.717) is 10.7 Å². The zero-order chi connectivity index (χ0) is 15.5. The lowest BCUT2D eigenvalue weighted by molar-refractivity contribution is -0.597. The highest BCUT2D eigenvalue weighted by atomic mass is 32.2. The first-order chi connectivity index (χ1) is 10.7. The number of aromatic nitrogens is 4. The number of aryl methyl sites for hydroxylation is 1. The highest BCUT2D eigenvalue weighted by Gasteiger charge is 2.20. The minimum atomic E-state index is -0.109. The molecule has 0 atom stereocenters. The van der Waals surface area contributed by atoms with Gasteiger partial charge in [-0.15, -0.1) is 0 Å². The van der Waals surface area contributed by atoms with Gasteiger partial charge in [-0.05, 0) is 23.5 Å². The predicted octanol–water partition coefficient (Wildman–Crippen LogP) is 2.51. The van der Waals surface area contributed by atoms with Crippen LogP contribution in [0.4, 0.5) is 0 Å². The number of thioether (sulfide) groups is 1. The topological polar surface area (TPSA) is 62.7 Å². The fraction of sp³-hybridized carbons (Fsp3) is 0.375. The molecule has 2 aromatic heterocycles. The van der Waals surface area contributed by atoms with Gasteiger partial charge in [0.25, 0.3) is 0 Å². The minimum Gasteiger partial charge on any atom is -0.295 e. The Balaban J connectivity index is 2.24. The zero-order valence-electron chi connectivity index (χ0n) is 12.8. The molecule has 2 heterocycles. The Morgan fingerprint density at radius 1 is 1.27 bits per heavy atom. The molecular formula is C16H19N4OS+. The van der Waals surface area contributed by atoms with E-state index in [1.54, 1.807) is 16.3 Å². The summed E-state index contributed by atoms with van der Waals surface area (Å²) in [5, 5.41) is 6.08. The van der Waals surface area contributed by atoms with Gasteiger partial charge in [-0.25, -0.2) is 0 Å². The van der Waals surface area contributed by atoms with Crippen molar-refractivity contribution in [2.24, 2.45) is 0 Å². The maximum Gasteiger partial charge on any atom is 0.324 e. The number of benzene rings is 1. The Morgan fingerprint density at radius 2 is 2.09 bits per heavy atom. The summed E-state index contributed by atoms with van der Waals surface area (Å²) >= 11 is 1.58. The molecule has 1 N–H and O–H groups in total. The van der Waals surface area contributed by atoms with Gasteiger partial charge in [-0.1, -0.05) is 53.8 Å². The van der Waals surface area contributed by atoms with Crippen LogP contribution in [0.1, 0.15) is 32.5 Å². The molecule has 0 aliphatic rings. The van der Waals surface area contributed by atoms with Gasteiger partial charge in [0, 0.05) is 5.75 Å². The monoisotopic (exact) mass is 315 g/mol. The average Bonchev–Trinajstić information content (AvgIpc) is 2.54. The Morgan fingerprint density at radius 3 is 2.86 bits per heavy atom. The number of rotatable bonds is 5. The second-order valence-electron chi connectivity index (χ2n) is 5.12. The number of hydrogen-bond donors (Lipinski definition) is 1. The molecule has 0 amide bonds. The number of nitrogens with zero attached hydrogens (tertiary/aromatic N) is 3. The average molecular weight is 315 g/mol. The maximum absolute atomic E-state index is 12.6. The second kappa shape index (κ2) is 6.44. The van der Waals surface area contributed by atoms with Crippen molar-refractivity contribution in [2.75, 3.05) is 5.75 Å². The molecule has 1 aromatic carbocycles. The van der Waals surface area contributed by atoms with Gasteiger partial charge in [0.2, 0.25) is 10.7 Å². The van der Waals surface area contributed by atoms with Crippen molar-refractivity contribution in [3.8, 4) is 0 Å². The Kier molecular flexibility index (Phi) is 4.38. The highest BCUT2D eigenvalue weighted by Crippen LogP contribution is 2.15. The van der Waals surface area contributed by atoms with Crippen LogP contribution in [0, 0.1) is 0 Å². The first kappa shape index (κ1) is 15.0. The molecule has 3 rings (SSSR count). The third kappa shape index (κ3) is 2.70. The Labute approximate surface area is 132 Å². The van der Waals surface area contributed by atoms with Crippen LogP contribution >= 0.6 is 11.8 Å². The molecular weight excluding hydrogens is 296 g/mol. The lowest BCUT2D eigenvalue weighted by atomic mass is 10.2. The summed E-state index contributed by atoms with van der Waals surface area (Å²) < 4.78 is 1.70. The van der Waals surface area contributed by atoms with Crippen LogP contribution in [0.3, 0.4) is 0 Å². The number of H-pyrrole nitrogens is 1. The quantitative estimate of drug-likeness (QED) is 0.340. The summed E-state index contributed by atoms with van der Waals surface area (Å²) in [4.78, 5) is 20.1. The number of unbranched alkanes of at least 4 members (excludes halogenated alkanes) is 1. The van der Waals surface area contributed by atoms with Crippen LogP contribution in [0.15, 0.2) is 34.2 Å². The van der Waals surface area contributed by atoms with E-state index in [-0.39, 0.29) is 5.56 Å². The summed E-state index contributed by atoms with van der Waals surface area (Å²) in [6.07, 6.45) is 2.96. The molecule has 6 heteroatoms. The maximum atomic E-state index is 12.6. The van der Waals surface area contributed by atoms with Crippen molar-refractivity contribution in [3.63, 3.8) is 0 Å². The van der Waals surface area contributed by atoms with Crippen LogP contribution in [-0.2, 0) is 6.42 Å². The Hall–Kier alpha value is -1.95. The van der Waals surface area contributed by atoms with Gasteiger partial charge in [0.15, 0.2) is 5.52 Å². The summed E-state index contributed by atoms with van der Waals surface area (Å²) in [5.74, 6) is 1.76. The summed E-state index contributed by atoms with van der Waals surface area (Å²) in [6.45, 7) is 4.17. The van der Waals surface area contributed by atoms with E-state index in [2.05, 4.69) is 22.0 Å². The van der Waals surface area contributed by atoms with E-state index < -0.39 is 0 Å². The third-order valence-electron chi connectivity index (χ3n) is 3.54. The molecule has 3 aromatic rings. The number of para-hydroxylation sites is 1. The summed E-state index contributed by atoms with van der Waals surface area (Å²) in [7, 11) is 0. The molecule has 22 heavy (non-hydrogen) atoms. The van der Waals surface area contributed by atoms with E-state index in [1.165, 1.54) is 0 Å².